The standard InChI is InChI=1S/C20H21ClN2O4/c1-12(2)9-18(24)23-15-7-8-17(21)16(10-15)19(25)22-11-13-3-5-14(6-4-13)20(26)27/h3-8,10,12H,9,11H2,1-2H3,(H,22,25)(H,23,24)(H,26,27). The van der Waals surface area contributed by atoms with Crippen molar-refractivity contribution in [3.05, 3.63) is 64.2 Å². The number of benzene rings is 2. The van der Waals surface area contributed by atoms with Crippen LogP contribution in [0.3, 0.4) is 0 Å². The number of carbonyl (C=O) groups excluding carboxylic acids is 2. The third kappa shape index (κ3) is 6.11. The van der Waals surface area contributed by atoms with Gasteiger partial charge in [0.1, 0.15) is 0 Å². The van der Waals surface area contributed by atoms with Gasteiger partial charge < -0.3 is 15.7 Å². The molecule has 7 heteroatoms. The van der Waals surface area contributed by atoms with Crippen LogP contribution in [0, 0.1) is 5.92 Å². The lowest BCUT2D eigenvalue weighted by Crippen LogP contribution is -2.23. The maximum Gasteiger partial charge on any atom is 0.335 e. The van der Waals surface area contributed by atoms with Gasteiger partial charge in [0.05, 0.1) is 16.1 Å². The van der Waals surface area contributed by atoms with Gasteiger partial charge in [0.15, 0.2) is 0 Å². The Labute approximate surface area is 162 Å². The monoisotopic (exact) mass is 388 g/mol. The van der Waals surface area contributed by atoms with Gasteiger partial charge in [-0.25, -0.2) is 4.79 Å². The lowest BCUT2D eigenvalue weighted by molar-refractivity contribution is -0.116. The van der Waals surface area contributed by atoms with Crippen LogP contribution in [0.4, 0.5) is 5.69 Å². The molecular weight excluding hydrogens is 368 g/mol. The first-order valence-electron chi connectivity index (χ1n) is 8.46. The van der Waals surface area contributed by atoms with Crippen molar-refractivity contribution in [2.24, 2.45) is 5.92 Å². The molecular formula is C20H21ClN2O4. The molecule has 0 aromatic heterocycles. The van der Waals surface area contributed by atoms with Gasteiger partial charge in [0.25, 0.3) is 5.91 Å². The van der Waals surface area contributed by atoms with Gasteiger partial charge in [0, 0.05) is 18.7 Å². The first kappa shape index (κ1) is 20.5. The Kier molecular flexibility index (Phi) is 6.96. The molecule has 0 aliphatic heterocycles. The van der Waals surface area contributed by atoms with Gasteiger partial charge in [-0.15, -0.1) is 0 Å². The summed E-state index contributed by atoms with van der Waals surface area (Å²) in [6, 6.07) is 10.9. The van der Waals surface area contributed by atoms with E-state index in [1.165, 1.54) is 18.2 Å². The third-order valence-corrected chi connectivity index (χ3v) is 4.07. The van der Waals surface area contributed by atoms with E-state index in [1.807, 2.05) is 13.8 Å². The van der Waals surface area contributed by atoms with E-state index in [0.29, 0.717) is 12.1 Å². The number of carbonyl (C=O) groups is 3. The summed E-state index contributed by atoms with van der Waals surface area (Å²) in [5, 5.41) is 14.7. The number of rotatable bonds is 7. The molecule has 0 aliphatic carbocycles. The fourth-order valence-electron chi connectivity index (χ4n) is 2.40. The minimum Gasteiger partial charge on any atom is -0.478 e. The van der Waals surface area contributed by atoms with Gasteiger partial charge in [-0.1, -0.05) is 37.6 Å². The highest BCUT2D eigenvalue weighted by Crippen LogP contribution is 2.21. The largest absolute Gasteiger partial charge is 0.478 e. The molecule has 142 valence electrons. The first-order chi connectivity index (χ1) is 12.8. The van der Waals surface area contributed by atoms with E-state index in [1.54, 1.807) is 24.3 Å². The van der Waals surface area contributed by atoms with Crippen molar-refractivity contribution < 1.29 is 19.5 Å². The molecule has 2 rings (SSSR count). The number of nitrogens with one attached hydrogen (secondary N) is 2. The van der Waals surface area contributed by atoms with Crippen molar-refractivity contribution in [2.45, 2.75) is 26.8 Å². The summed E-state index contributed by atoms with van der Waals surface area (Å²) in [4.78, 5) is 35.2. The maximum absolute atomic E-state index is 12.4. The van der Waals surface area contributed by atoms with Crippen LogP contribution in [-0.4, -0.2) is 22.9 Å². The quantitative estimate of drug-likeness (QED) is 0.669. The summed E-state index contributed by atoms with van der Waals surface area (Å²) in [5.41, 5.74) is 1.69. The zero-order valence-corrected chi connectivity index (χ0v) is 15.8. The predicted octanol–water partition coefficient (Wildman–Crippen LogP) is 3.95. The van der Waals surface area contributed by atoms with Gasteiger partial charge >= 0.3 is 5.97 Å². The molecule has 2 aromatic carbocycles. The normalized spacial score (nSPS) is 10.5. The number of aromatic carboxylic acids is 1. The second-order valence-electron chi connectivity index (χ2n) is 6.53. The van der Waals surface area contributed by atoms with Crippen molar-refractivity contribution in [1.82, 2.24) is 5.32 Å². The number of hydrogen-bond donors (Lipinski definition) is 3. The molecule has 0 bridgehead atoms. The van der Waals surface area contributed by atoms with E-state index in [-0.39, 0.29) is 40.4 Å². The van der Waals surface area contributed by atoms with E-state index in [0.717, 1.165) is 5.56 Å². The Morgan fingerprint density at radius 1 is 1.07 bits per heavy atom. The molecule has 2 aromatic rings. The van der Waals surface area contributed by atoms with E-state index in [2.05, 4.69) is 10.6 Å². The molecule has 2 amide bonds. The second-order valence-corrected chi connectivity index (χ2v) is 6.93. The average Bonchev–Trinajstić information content (AvgIpc) is 2.61. The van der Waals surface area contributed by atoms with Crippen molar-refractivity contribution in [1.29, 1.82) is 0 Å². The lowest BCUT2D eigenvalue weighted by atomic mass is 10.1. The number of hydrogen-bond acceptors (Lipinski definition) is 3. The molecule has 3 N–H and O–H groups in total. The van der Waals surface area contributed by atoms with Gasteiger partial charge in [-0.2, -0.15) is 0 Å². The van der Waals surface area contributed by atoms with E-state index in [9.17, 15) is 14.4 Å². The number of carboxylic acids is 1. The summed E-state index contributed by atoms with van der Waals surface area (Å²) in [6.07, 6.45) is 0.385. The van der Waals surface area contributed by atoms with Crippen molar-refractivity contribution in [3.63, 3.8) is 0 Å². The Bertz CT molecular complexity index is 848. The predicted molar refractivity (Wildman–Crippen MR) is 104 cm³/mol. The second kappa shape index (κ2) is 9.19. The molecule has 0 saturated carbocycles. The molecule has 0 unspecified atom stereocenters. The van der Waals surface area contributed by atoms with Gasteiger partial charge in [0.2, 0.25) is 5.91 Å². The van der Waals surface area contributed by atoms with Crippen molar-refractivity contribution >= 4 is 35.1 Å². The summed E-state index contributed by atoms with van der Waals surface area (Å²) in [7, 11) is 0. The smallest absolute Gasteiger partial charge is 0.335 e. The van der Waals surface area contributed by atoms with Crippen LogP contribution in [0.1, 0.15) is 46.5 Å². The Hall–Kier alpha value is -2.86. The summed E-state index contributed by atoms with van der Waals surface area (Å²) in [5.74, 6) is -1.29. The minimum atomic E-state index is -1.01. The molecule has 0 saturated heterocycles. The molecule has 0 heterocycles. The Balaban J connectivity index is 2.03. The number of anilines is 1. The van der Waals surface area contributed by atoms with Crippen LogP contribution >= 0.6 is 11.6 Å². The SMILES string of the molecule is CC(C)CC(=O)Nc1ccc(Cl)c(C(=O)NCc2ccc(C(=O)O)cc2)c1. The van der Waals surface area contributed by atoms with Crippen LogP contribution in [0.2, 0.25) is 5.02 Å². The topological polar surface area (TPSA) is 95.5 Å². The third-order valence-electron chi connectivity index (χ3n) is 3.74. The van der Waals surface area contributed by atoms with Gasteiger partial charge in [-0.3, -0.25) is 9.59 Å². The van der Waals surface area contributed by atoms with Crippen LogP contribution in [-0.2, 0) is 11.3 Å². The average molecular weight is 389 g/mol. The lowest BCUT2D eigenvalue weighted by Gasteiger charge is -2.11. The molecule has 27 heavy (non-hydrogen) atoms. The summed E-state index contributed by atoms with van der Waals surface area (Å²) >= 11 is 6.11. The highest BCUT2D eigenvalue weighted by Gasteiger charge is 2.13. The van der Waals surface area contributed by atoms with E-state index >= 15 is 0 Å². The molecule has 0 aliphatic rings. The molecule has 0 atom stereocenters. The summed E-state index contributed by atoms with van der Waals surface area (Å²) in [6.45, 7) is 4.12. The van der Waals surface area contributed by atoms with Crippen LogP contribution in [0.5, 0.6) is 0 Å². The van der Waals surface area contributed by atoms with Crippen molar-refractivity contribution in [3.8, 4) is 0 Å². The fraction of sp³-hybridized carbons (Fsp3) is 0.250. The Morgan fingerprint density at radius 3 is 2.33 bits per heavy atom. The van der Waals surface area contributed by atoms with Crippen LogP contribution in [0.25, 0.3) is 0 Å². The maximum atomic E-state index is 12.4. The van der Waals surface area contributed by atoms with Crippen LogP contribution in [0.15, 0.2) is 42.5 Å². The molecule has 0 spiro atoms. The van der Waals surface area contributed by atoms with Gasteiger partial charge in [-0.05, 0) is 41.8 Å². The fourth-order valence-corrected chi connectivity index (χ4v) is 2.61. The minimum absolute atomic E-state index is 0.128. The number of amides is 2. The zero-order chi connectivity index (χ0) is 20.0. The molecule has 0 fully saturated rings. The summed E-state index contributed by atoms with van der Waals surface area (Å²) < 4.78 is 0. The number of halogens is 1. The highest BCUT2D eigenvalue weighted by atomic mass is 35.5. The molecule has 0 radical (unpaired) electrons. The van der Waals surface area contributed by atoms with E-state index in [4.69, 9.17) is 16.7 Å². The zero-order valence-electron chi connectivity index (χ0n) is 15.1. The first-order valence-corrected chi connectivity index (χ1v) is 8.84. The van der Waals surface area contributed by atoms with Crippen LogP contribution < -0.4 is 10.6 Å². The Morgan fingerprint density at radius 2 is 1.74 bits per heavy atom. The number of carboxylic acid groups (broad SMARTS) is 1. The molecule has 6 nitrogen and oxygen atoms in total. The van der Waals surface area contributed by atoms with E-state index < -0.39 is 5.97 Å². The highest BCUT2D eigenvalue weighted by molar-refractivity contribution is 6.34. The van der Waals surface area contributed by atoms with Crippen molar-refractivity contribution in [2.75, 3.05) is 5.32 Å².